The summed E-state index contributed by atoms with van der Waals surface area (Å²) in [7, 11) is 1.53. The van der Waals surface area contributed by atoms with Gasteiger partial charge >= 0.3 is 5.97 Å². The summed E-state index contributed by atoms with van der Waals surface area (Å²) in [5.74, 6) is -0.979. The predicted octanol–water partition coefficient (Wildman–Crippen LogP) is 3.91. The van der Waals surface area contributed by atoms with E-state index in [2.05, 4.69) is 36.8 Å². The smallest absolute Gasteiger partial charge is 0.336 e. The number of aromatic carboxylic acids is 1. The van der Waals surface area contributed by atoms with Crippen LogP contribution < -0.4 is 0 Å². The molecule has 0 radical (unpaired) electrons. The Morgan fingerprint density at radius 1 is 1.42 bits per heavy atom. The molecule has 6 heteroatoms. The molecule has 2 rings (SSSR count). The summed E-state index contributed by atoms with van der Waals surface area (Å²) in [4.78, 5) is 16.0. The molecule has 0 amide bonds. The van der Waals surface area contributed by atoms with Crippen LogP contribution in [0.4, 0.5) is 0 Å². The number of ether oxygens (including phenoxy) is 1. The molecule has 0 bridgehead atoms. The lowest BCUT2D eigenvalue weighted by Gasteiger charge is -2.13. The van der Waals surface area contributed by atoms with Crippen LogP contribution >= 0.6 is 31.9 Å². The van der Waals surface area contributed by atoms with Crippen LogP contribution in [0.25, 0.3) is 10.9 Å². The zero-order valence-corrected chi connectivity index (χ0v) is 13.5. The topological polar surface area (TPSA) is 59.4 Å². The maximum atomic E-state index is 11.6. The van der Waals surface area contributed by atoms with Crippen LogP contribution in [0.5, 0.6) is 0 Å². The molecule has 0 unspecified atom stereocenters. The molecule has 1 aromatic carbocycles. The summed E-state index contributed by atoms with van der Waals surface area (Å²) in [6, 6.07) is 3.60. The van der Waals surface area contributed by atoms with Crippen molar-refractivity contribution in [2.75, 3.05) is 7.11 Å². The molecule has 0 aliphatic carbocycles. The highest BCUT2D eigenvalue weighted by molar-refractivity contribution is 9.11. The van der Waals surface area contributed by atoms with Gasteiger partial charge in [-0.15, -0.1) is 0 Å². The molecule has 0 saturated carbocycles. The summed E-state index contributed by atoms with van der Waals surface area (Å²) in [5, 5.41) is 10.1. The first-order valence-corrected chi connectivity index (χ1v) is 7.04. The fraction of sp³-hybridized carbons (Fsp3) is 0.231. The lowest BCUT2D eigenvalue weighted by atomic mass is 10.0. The van der Waals surface area contributed by atoms with Gasteiger partial charge in [-0.2, -0.15) is 0 Å². The predicted molar refractivity (Wildman–Crippen MR) is 79.6 cm³/mol. The Morgan fingerprint density at radius 2 is 2.11 bits per heavy atom. The van der Waals surface area contributed by atoms with Gasteiger partial charge in [0.1, 0.15) is 0 Å². The van der Waals surface area contributed by atoms with E-state index < -0.39 is 5.97 Å². The number of rotatable bonds is 3. The maximum absolute atomic E-state index is 11.6. The molecular formula is C13H11Br2NO3. The Morgan fingerprint density at radius 3 is 2.68 bits per heavy atom. The summed E-state index contributed by atoms with van der Waals surface area (Å²) in [6.07, 6.45) is 0. The lowest BCUT2D eigenvalue weighted by molar-refractivity contribution is 0.0694. The van der Waals surface area contributed by atoms with Crippen LogP contribution in [0.3, 0.4) is 0 Å². The minimum Gasteiger partial charge on any atom is -0.478 e. The van der Waals surface area contributed by atoms with Gasteiger partial charge in [-0.1, -0.05) is 15.9 Å². The van der Waals surface area contributed by atoms with E-state index in [4.69, 9.17) is 4.74 Å². The Kier molecular flexibility index (Phi) is 4.23. The van der Waals surface area contributed by atoms with Crippen molar-refractivity contribution in [1.29, 1.82) is 0 Å². The summed E-state index contributed by atoms with van der Waals surface area (Å²) in [6.45, 7) is 2.01. The number of hydrogen-bond donors (Lipinski definition) is 1. The van der Waals surface area contributed by atoms with Crippen LogP contribution in [0.15, 0.2) is 21.1 Å². The molecule has 4 nitrogen and oxygen atoms in total. The van der Waals surface area contributed by atoms with Crippen LogP contribution in [0.2, 0.25) is 0 Å². The number of hydrogen-bond acceptors (Lipinski definition) is 3. The van der Waals surface area contributed by atoms with Crippen molar-refractivity contribution in [1.82, 2.24) is 4.98 Å². The largest absolute Gasteiger partial charge is 0.478 e. The first-order valence-electron chi connectivity index (χ1n) is 5.46. The number of fused-ring (bicyclic) bond motifs is 1. The van der Waals surface area contributed by atoms with Crippen molar-refractivity contribution in [3.05, 3.63) is 37.9 Å². The first-order chi connectivity index (χ1) is 8.95. The summed E-state index contributed by atoms with van der Waals surface area (Å²) >= 11 is 6.78. The molecule has 0 spiro atoms. The number of benzene rings is 1. The summed E-state index contributed by atoms with van der Waals surface area (Å²) in [5.41, 5.74) is 2.14. The number of nitrogens with zero attached hydrogens (tertiary/aromatic N) is 1. The average molecular weight is 389 g/mol. The minimum atomic E-state index is -0.979. The second-order valence-electron chi connectivity index (χ2n) is 4.07. The van der Waals surface area contributed by atoms with E-state index >= 15 is 0 Å². The number of aryl methyl sites for hydroxylation is 1. The van der Waals surface area contributed by atoms with E-state index in [1.165, 1.54) is 7.11 Å². The van der Waals surface area contributed by atoms with Gasteiger partial charge in [-0.3, -0.25) is 4.98 Å². The fourth-order valence-corrected chi connectivity index (χ4v) is 3.33. The van der Waals surface area contributed by atoms with Crippen LogP contribution in [-0.2, 0) is 11.3 Å². The summed E-state index contributed by atoms with van der Waals surface area (Å²) < 4.78 is 6.63. The third-order valence-corrected chi connectivity index (χ3v) is 3.88. The third-order valence-electron chi connectivity index (χ3n) is 2.82. The highest BCUT2D eigenvalue weighted by Gasteiger charge is 2.19. The first kappa shape index (κ1) is 14.4. The molecular weight excluding hydrogens is 378 g/mol. The number of carbonyl (C=O) groups is 1. The molecule has 0 aliphatic rings. The monoisotopic (exact) mass is 387 g/mol. The Hall–Kier alpha value is -0.980. The van der Waals surface area contributed by atoms with Gasteiger partial charge in [0.15, 0.2) is 0 Å². The Bertz CT molecular complexity index is 671. The molecule has 1 N–H and O–H groups in total. The molecule has 1 aromatic heterocycles. The highest BCUT2D eigenvalue weighted by Crippen LogP contribution is 2.32. The van der Waals surface area contributed by atoms with Gasteiger partial charge in [0.05, 0.1) is 17.7 Å². The van der Waals surface area contributed by atoms with Crippen molar-refractivity contribution in [3.63, 3.8) is 0 Å². The quantitative estimate of drug-likeness (QED) is 0.865. The van der Waals surface area contributed by atoms with Crippen molar-refractivity contribution in [2.24, 2.45) is 0 Å². The zero-order valence-electron chi connectivity index (χ0n) is 10.3. The van der Waals surface area contributed by atoms with E-state index in [1.54, 1.807) is 13.0 Å². The molecule has 0 aliphatic heterocycles. The molecule has 19 heavy (non-hydrogen) atoms. The van der Waals surface area contributed by atoms with Gasteiger partial charge in [-0.05, 0) is 35.0 Å². The Labute approximate surface area is 127 Å². The SMILES string of the molecule is COCc1c(C)nc2c(Br)cc(Br)cc2c1C(=O)O. The average Bonchev–Trinajstić information content (AvgIpc) is 2.31. The van der Waals surface area contributed by atoms with E-state index in [-0.39, 0.29) is 12.2 Å². The van der Waals surface area contributed by atoms with Gasteiger partial charge in [0, 0.05) is 32.7 Å². The number of carboxylic acid groups (broad SMARTS) is 1. The number of carboxylic acids is 1. The van der Waals surface area contributed by atoms with E-state index in [0.717, 1.165) is 8.95 Å². The molecule has 2 aromatic rings. The standard InChI is InChI=1S/C13H11Br2NO3/c1-6-9(5-19-2)11(13(17)18)8-3-7(14)4-10(15)12(8)16-6/h3-4H,5H2,1-2H3,(H,17,18). The minimum absolute atomic E-state index is 0.223. The van der Waals surface area contributed by atoms with Crippen LogP contribution in [-0.4, -0.2) is 23.2 Å². The number of halogens is 2. The fourth-order valence-electron chi connectivity index (χ4n) is 2.01. The molecule has 100 valence electrons. The van der Waals surface area contributed by atoms with Crippen molar-refractivity contribution in [2.45, 2.75) is 13.5 Å². The normalized spacial score (nSPS) is 10.9. The molecule has 0 saturated heterocycles. The molecule has 1 heterocycles. The van der Waals surface area contributed by atoms with Crippen LogP contribution in [0, 0.1) is 6.92 Å². The maximum Gasteiger partial charge on any atom is 0.336 e. The van der Waals surface area contributed by atoms with Gasteiger partial charge in [0.25, 0.3) is 0 Å². The van der Waals surface area contributed by atoms with E-state index in [9.17, 15) is 9.90 Å². The van der Waals surface area contributed by atoms with E-state index in [1.807, 2.05) is 6.07 Å². The van der Waals surface area contributed by atoms with E-state index in [0.29, 0.717) is 22.2 Å². The van der Waals surface area contributed by atoms with Crippen LogP contribution in [0.1, 0.15) is 21.6 Å². The van der Waals surface area contributed by atoms with Gasteiger partial charge in [-0.25, -0.2) is 4.79 Å². The lowest BCUT2D eigenvalue weighted by Crippen LogP contribution is -2.09. The third kappa shape index (κ3) is 2.66. The second-order valence-corrected chi connectivity index (χ2v) is 5.84. The Balaban J connectivity index is 2.94. The van der Waals surface area contributed by atoms with Gasteiger partial charge < -0.3 is 9.84 Å². The van der Waals surface area contributed by atoms with Crippen molar-refractivity contribution >= 4 is 48.7 Å². The van der Waals surface area contributed by atoms with Crippen molar-refractivity contribution < 1.29 is 14.6 Å². The second kappa shape index (κ2) is 5.56. The number of aromatic nitrogens is 1. The zero-order chi connectivity index (χ0) is 14.2. The van der Waals surface area contributed by atoms with Gasteiger partial charge in [0.2, 0.25) is 0 Å². The number of pyridine rings is 1. The highest BCUT2D eigenvalue weighted by atomic mass is 79.9. The van der Waals surface area contributed by atoms with Crippen molar-refractivity contribution in [3.8, 4) is 0 Å². The molecule has 0 atom stereocenters. The molecule has 0 fully saturated rings. The number of methoxy groups -OCH3 is 1.